The summed E-state index contributed by atoms with van der Waals surface area (Å²) < 4.78 is 46.3. The number of ether oxygens (including phenoxy) is 1. The molecule has 0 saturated carbocycles. The van der Waals surface area contributed by atoms with Crippen LogP contribution in [-0.2, 0) is 17.6 Å². The molecule has 25 heavy (non-hydrogen) atoms. The van der Waals surface area contributed by atoms with Gasteiger partial charge in [0.1, 0.15) is 12.6 Å². The third-order valence-corrected chi connectivity index (χ3v) is 5.15. The van der Waals surface area contributed by atoms with Crippen molar-refractivity contribution < 1.29 is 17.9 Å². The Balaban J connectivity index is 2.29. The van der Waals surface area contributed by atoms with E-state index in [4.69, 9.17) is 4.74 Å². The van der Waals surface area contributed by atoms with Gasteiger partial charge in [0.2, 0.25) is 0 Å². The second-order valence-electron chi connectivity index (χ2n) is 7.07. The number of hydrogen-bond donors (Lipinski definition) is 0. The van der Waals surface area contributed by atoms with Gasteiger partial charge in [-0.2, -0.15) is 13.2 Å². The second kappa shape index (κ2) is 7.41. The van der Waals surface area contributed by atoms with E-state index in [1.807, 2.05) is 32.0 Å². The van der Waals surface area contributed by atoms with E-state index in [1.165, 1.54) is 4.57 Å². The van der Waals surface area contributed by atoms with Crippen LogP contribution in [0.4, 0.5) is 13.2 Å². The molecule has 1 aromatic carbocycles. The molecule has 0 saturated heterocycles. The van der Waals surface area contributed by atoms with Crippen molar-refractivity contribution >= 4 is 10.0 Å². The number of halogens is 3. The fraction of sp³-hybridized carbons (Fsp3) is 0.500. The average Bonchev–Trinajstić information content (AvgIpc) is 2.86. The Morgan fingerprint density at radius 2 is 1.84 bits per heavy atom. The van der Waals surface area contributed by atoms with Crippen molar-refractivity contribution in [3.8, 4) is 11.4 Å². The molecule has 0 atom stereocenters. The van der Waals surface area contributed by atoms with Crippen LogP contribution in [0.5, 0.6) is 0 Å². The van der Waals surface area contributed by atoms with Gasteiger partial charge in [0.05, 0.1) is 6.61 Å². The van der Waals surface area contributed by atoms with Gasteiger partial charge < -0.3 is 9.30 Å². The molecule has 0 radical (unpaired) electrons. The van der Waals surface area contributed by atoms with Crippen LogP contribution < -0.4 is 0 Å². The molecule has 1 aromatic heterocycles. The van der Waals surface area contributed by atoms with Crippen molar-refractivity contribution in [3.05, 3.63) is 41.2 Å². The van der Waals surface area contributed by atoms with Crippen LogP contribution in [0.1, 0.15) is 16.8 Å². The topological polar surface area (TPSA) is 27.1 Å². The first-order valence-electron chi connectivity index (χ1n) is 7.93. The predicted molar refractivity (Wildman–Crippen MR) is 98.3 cm³/mol. The maximum absolute atomic E-state index is 13.1. The van der Waals surface area contributed by atoms with E-state index in [9.17, 15) is 13.2 Å². The molecule has 0 aliphatic heterocycles. The van der Waals surface area contributed by atoms with E-state index >= 15 is 0 Å². The van der Waals surface area contributed by atoms with Crippen molar-refractivity contribution in [2.24, 2.45) is 0 Å². The van der Waals surface area contributed by atoms with Gasteiger partial charge in [0.25, 0.3) is 0 Å². The zero-order valence-corrected chi connectivity index (χ0v) is 16.1. The molecule has 0 aliphatic carbocycles. The van der Waals surface area contributed by atoms with Crippen LogP contribution in [0.15, 0.2) is 24.4 Å². The third kappa shape index (κ3) is 5.51. The molecular weight excluding hydrogens is 349 g/mol. The van der Waals surface area contributed by atoms with Crippen molar-refractivity contribution in [2.45, 2.75) is 26.8 Å². The summed E-state index contributed by atoms with van der Waals surface area (Å²) in [5.41, 5.74) is 1.73. The smallest absolute Gasteiger partial charge is 0.360 e. The van der Waals surface area contributed by atoms with E-state index in [1.54, 1.807) is 0 Å². The van der Waals surface area contributed by atoms with Crippen LogP contribution in [0.2, 0.25) is 0 Å². The van der Waals surface area contributed by atoms with Crippen LogP contribution in [0.25, 0.3) is 11.4 Å². The minimum atomic E-state index is -4.48. The third-order valence-electron chi connectivity index (χ3n) is 3.76. The van der Waals surface area contributed by atoms with Crippen molar-refractivity contribution in [3.63, 3.8) is 0 Å². The molecule has 0 amide bonds. The van der Waals surface area contributed by atoms with Crippen LogP contribution in [-0.4, -0.2) is 40.7 Å². The first-order chi connectivity index (χ1) is 11.5. The van der Waals surface area contributed by atoms with Gasteiger partial charge in [-0.25, -0.2) is 15.0 Å². The minimum absolute atomic E-state index is 0.0568. The van der Waals surface area contributed by atoms with Gasteiger partial charge >= 0.3 is 6.18 Å². The number of nitrogens with zero attached hydrogens (tertiary/aromatic N) is 2. The molecule has 0 N–H and O–H groups in total. The van der Waals surface area contributed by atoms with E-state index in [2.05, 4.69) is 23.8 Å². The fourth-order valence-corrected chi connectivity index (χ4v) is 3.02. The van der Waals surface area contributed by atoms with Crippen molar-refractivity contribution in [1.82, 2.24) is 9.55 Å². The van der Waals surface area contributed by atoms with E-state index in [-0.39, 0.29) is 12.6 Å². The zero-order valence-electron chi connectivity index (χ0n) is 15.3. The largest absolute Gasteiger partial charge is 0.434 e. The SMILES string of the molecule is Cc1ccc(-c2nc(C(F)(F)F)cn2COCCS(C)(C)C)c(C)c1. The molecule has 0 bridgehead atoms. The predicted octanol–water partition coefficient (Wildman–Crippen LogP) is 4.85. The number of imidazole rings is 1. The normalized spacial score (nSPS) is 13.3. The molecule has 3 nitrogen and oxygen atoms in total. The number of alkyl halides is 3. The molecule has 1 heterocycles. The Labute approximate surface area is 148 Å². The highest BCUT2D eigenvalue weighted by Gasteiger charge is 2.35. The van der Waals surface area contributed by atoms with E-state index in [0.717, 1.165) is 23.1 Å². The summed E-state index contributed by atoms with van der Waals surface area (Å²) in [5.74, 6) is 1.19. The summed E-state index contributed by atoms with van der Waals surface area (Å²) in [6.45, 7) is 4.40. The Bertz CT molecular complexity index is 733. The minimum Gasteiger partial charge on any atom is -0.360 e. The van der Waals surface area contributed by atoms with Gasteiger partial charge in [-0.15, -0.1) is 0 Å². The Hall–Kier alpha value is -1.47. The lowest BCUT2D eigenvalue weighted by atomic mass is 10.1. The number of benzene rings is 1. The lowest BCUT2D eigenvalue weighted by Gasteiger charge is -2.24. The molecule has 2 rings (SSSR count). The Morgan fingerprint density at radius 3 is 2.40 bits per heavy atom. The van der Waals surface area contributed by atoms with E-state index in [0.29, 0.717) is 12.2 Å². The molecule has 0 aliphatic rings. The molecule has 2 aromatic rings. The van der Waals surface area contributed by atoms with E-state index < -0.39 is 21.9 Å². The van der Waals surface area contributed by atoms with Gasteiger partial charge in [-0.05, 0) is 38.2 Å². The first kappa shape index (κ1) is 19.8. The van der Waals surface area contributed by atoms with Gasteiger partial charge in [-0.3, -0.25) is 0 Å². The number of aryl methyl sites for hydroxylation is 2. The van der Waals surface area contributed by atoms with Crippen molar-refractivity contribution in [2.75, 3.05) is 31.1 Å². The molecule has 140 valence electrons. The lowest BCUT2D eigenvalue weighted by Crippen LogP contribution is -2.10. The summed E-state index contributed by atoms with van der Waals surface area (Å²) in [6.07, 6.45) is 3.08. The molecule has 0 fully saturated rings. The molecule has 0 spiro atoms. The average molecular weight is 374 g/mol. The zero-order chi connectivity index (χ0) is 18.8. The monoisotopic (exact) mass is 374 g/mol. The maximum Gasteiger partial charge on any atom is 0.434 e. The lowest BCUT2D eigenvalue weighted by molar-refractivity contribution is -0.141. The van der Waals surface area contributed by atoms with Crippen LogP contribution in [0, 0.1) is 13.8 Å². The molecular formula is C18H25F3N2OS. The van der Waals surface area contributed by atoms with Gasteiger partial charge in [0.15, 0.2) is 5.69 Å². The quantitative estimate of drug-likeness (QED) is 0.676. The number of hydrogen-bond acceptors (Lipinski definition) is 2. The number of rotatable bonds is 6. The Morgan fingerprint density at radius 1 is 1.16 bits per heavy atom. The molecule has 0 unspecified atom stereocenters. The summed E-state index contributed by atoms with van der Waals surface area (Å²) in [7, 11) is -0.700. The molecule has 7 heteroatoms. The highest BCUT2D eigenvalue weighted by atomic mass is 32.3. The first-order valence-corrected chi connectivity index (χ1v) is 11.0. The summed E-state index contributed by atoms with van der Waals surface area (Å²) in [6, 6.07) is 5.62. The second-order valence-corrected chi connectivity index (χ2v) is 11.7. The summed E-state index contributed by atoms with van der Waals surface area (Å²) in [4.78, 5) is 3.83. The summed E-state index contributed by atoms with van der Waals surface area (Å²) in [5, 5.41) is 0. The highest BCUT2D eigenvalue weighted by molar-refractivity contribution is 8.32. The standard InChI is InChI=1S/C18H25F3N2OS/c1-13-6-7-15(14(2)10-13)17-22-16(18(19,20)21)11-23(17)12-24-8-9-25(3,4)5/h6-7,10-11H,8-9,12H2,1-5H3. The van der Waals surface area contributed by atoms with Gasteiger partial charge in [-0.1, -0.05) is 23.8 Å². The van der Waals surface area contributed by atoms with Gasteiger partial charge in [0, 0.05) is 17.5 Å². The van der Waals surface area contributed by atoms with Crippen molar-refractivity contribution in [1.29, 1.82) is 0 Å². The van der Waals surface area contributed by atoms with Crippen LogP contribution >= 0.6 is 10.0 Å². The fourth-order valence-electron chi connectivity index (χ4n) is 2.40. The summed E-state index contributed by atoms with van der Waals surface area (Å²) >= 11 is 0. The number of aromatic nitrogens is 2. The Kier molecular flexibility index (Phi) is 5.89. The highest BCUT2D eigenvalue weighted by Crippen LogP contribution is 2.34. The van der Waals surface area contributed by atoms with Crippen LogP contribution in [0.3, 0.4) is 0 Å². The maximum atomic E-state index is 13.1.